The van der Waals surface area contributed by atoms with Crippen LogP contribution in [0.3, 0.4) is 0 Å². The highest BCUT2D eigenvalue weighted by Gasteiger charge is 2.11. The molecule has 0 aliphatic carbocycles. The van der Waals surface area contributed by atoms with E-state index in [1.807, 2.05) is 13.0 Å². The number of rotatable bonds is 2. The molecule has 0 atom stereocenters. The fourth-order valence-corrected chi connectivity index (χ4v) is 0.469. The van der Waals surface area contributed by atoms with Gasteiger partial charge in [0.1, 0.15) is 0 Å². The Morgan fingerprint density at radius 2 is 1.91 bits per heavy atom. The molecule has 0 heterocycles. The van der Waals surface area contributed by atoms with Gasteiger partial charge in [-0.3, -0.25) is 4.99 Å². The molecule has 0 bridgehead atoms. The van der Waals surface area contributed by atoms with Crippen molar-refractivity contribution in [1.82, 2.24) is 0 Å². The van der Waals surface area contributed by atoms with Gasteiger partial charge in [-0.2, -0.15) is 0 Å². The van der Waals surface area contributed by atoms with Crippen LogP contribution in [0.4, 0.5) is 0 Å². The summed E-state index contributed by atoms with van der Waals surface area (Å²) in [5, 5.41) is 0. The Morgan fingerprint density at radius 3 is 2.27 bits per heavy atom. The zero-order chi connectivity index (χ0) is 8.91. The van der Waals surface area contributed by atoms with Crippen LogP contribution in [0.2, 0.25) is 0 Å². The molecule has 0 radical (unpaired) electrons. The van der Waals surface area contributed by atoms with E-state index in [0.717, 1.165) is 5.57 Å². The average Bonchev–Trinajstić information content (AvgIpc) is 1.86. The van der Waals surface area contributed by atoms with Gasteiger partial charge in [-0.1, -0.05) is 27.4 Å². The number of allylic oxidation sites excluding steroid dienone is 2. The third-order valence-corrected chi connectivity index (χ3v) is 1.47. The summed E-state index contributed by atoms with van der Waals surface area (Å²) in [7, 11) is 0. The topological polar surface area (TPSA) is 12.4 Å². The predicted octanol–water partition coefficient (Wildman–Crippen LogP) is 3.19. The molecule has 1 heteroatoms. The highest BCUT2D eigenvalue weighted by atomic mass is 14.6. The summed E-state index contributed by atoms with van der Waals surface area (Å²) < 4.78 is 0. The van der Waals surface area contributed by atoms with Gasteiger partial charge in [-0.15, -0.1) is 0 Å². The third-order valence-electron chi connectivity index (χ3n) is 1.47. The minimum absolute atomic E-state index is 0.153. The zero-order valence-electron chi connectivity index (χ0n) is 7.89. The first-order valence-electron chi connectivity index (χ1n) is 3.82. The first kappa shape index (κ1) is 10.2. The molecule has 0 aliphatic heterocycles. The lowest BCUT2D eigenvalue weighted by molar-refractivity contribution is 0.519. The Bertz CT molecular complexity index is 180. The van der Waals surface area contributed by atoms with Gasteiger partial charge in [-0.25, -0.2) is 0 Å². The lowest BCUT2D eigenvalue weighted by atomic mass is 9.88. The second-order valence-corrected chi connectivity index (χ2v) is 3.50. The lowest BCUT2D eigenvalue weighted by Crippen LogP contribution is -2.05. The van der Waals surface area contributed by atoms with Gasteiger partial charge in [0.2, 0.25) is 0 Å². The number of hydrogen-bond acceptors (Lipinski definition) is 1. The van der Waals surface area contributed by atoms with Crippen molar-refractivity contribution in [3.63, 3.8) is 0 Å². The fourth-order valence-electron chi connectivity index (χ4n) is 0.469. The van der Waals surface area contributed by atoms with Gasteiger partial charge >= 0.3 is 0 Å². The average molecular weight is 151 g/mol. The largest absolute Gasteiger partial charge is 0.269 e. The van der Waals surface area contributed by atoms with E-state index in [-0.39, 0.29) is 5.41 Å². The number of hydrogen-bond donors (Lipinski definition) is 0. The molecule has 1 nitrogen and oxygen atoms in total. The van der Waals surface area contributed by atoms with Crippen LogP contribution in [0, 0.1) is 5.41 Å². The van der Waals surface area contributed by atoms with Gasteiger partial charge in [0.15, 0.2) is 0 Å². The van der Waals surface area contributed by atoms with Gasteiger partial charge in [-0.05, 0) is 24.0 Å². The molecule has 0 aromatic heterocycles. The first-order chi connectivity index (χ1) is 4.98. The molecule has 0 aromatic rings. The highest BCUT2D eigenvalue weighted by molar-refractivity contribution is 5.54. The third kappa shape index (κ3) is 4.54. The van der Waals surface area contributed by atoms with Crippen LogP contribution in [0.15, 0.2) is 29.4 Å². The minimum atomic E-state index is 0.153. The molecule has 0 amide bonds. The Hall–Kier alpha value is -0.850. The maximum absolute atomic E-state index is 3.96. The van der Waals surface area contributed by atoms with E-state index in [2.05, 4.69) is 32.3 Å². The molecule has 62 valence electrons. The normalized spacial score (nSPS) is 13.1. The van der Waals surface area contributed by atoms with Crippen molar-refractivity contribution in [2.75, 3.05) is 0 Å². The lowest BCUT2D eigenvalue weighted by Gasteiger charge is -2.17. The van der Waals surface area contributed by atoms with Crippen molar-refractivity contribution in [3.05, 3.63) is 24.4 Å². The van der Waals surface area contributed by atoms with Gasteiger partial charge < -0.3 is 0 Å². The van der Waals surface area contributed by atoms with Crippen LogP contribution < -0.4 is 0 Å². The van der Waals surface area contributed by atoms with Crippen molar-refractivity contribution in [3.8, 4) is 0 Å². The van der Waals surface area contributed by atoms with Crippen molar-refractivity contribution in [2.45, 2.75) is 27.7 Å². The molecule has 0 unspecified atom stereocenters. The van der Waals surface area contributed by atoms with Gasteiger partial charge in [0, 0.05) is 12.4 Å². The second-order valence-electron chi connectivity index (χ2n) is 3.50. The molecular formula is C10H17N. The zero-order valence-corrected chi connectivity index (χ0v) is 7.89. The molecule has 0 N–H and O–H groups in total. The van der Waals surface area contributed by atoms with Crippen LogP contribution in [-0.2, 0) is 0 Å². The summed E-state index contributed by atoms with van der Waals surface area (Å²) >= 11 is 0. The monoisotopic (exact) mass is 151 g/mol. The summed E-state index contributed by atoms with van der Waals surface area (Å²) in [4.78, 5) is 3.96. The maximum Gasteiger partial charge on any atom is 0.0266 e. The Morgan fingerprint density at radius 1 is 1.36 bits per heavy atom. The summed E-state index contributed by atoms with van der Waals surface area (Å²) in [6, 6.07) is 0. The molecule has 11 heavy (non-hydrogen) atoms. The summed E-state index contributed by atoms with van der Waals surface area (Å²) in [5.41, 5.74) is 1.25. The van der Waals surface area contributed by atoms with E-state index in [4.69, 9.17) is 0 Å². The SMILES string of the molecule is C=C(/C=C\N=C/C)C(C)(C)C. The van der Waals surface area contributed by atoms with Crippen LogP contribution in [0.25, 0.3) is 0 Å². The highest BCUT2D eigenvalue weighted by Crippen LogP contribution is 2.23. The fraction of sp³-hybridized carbons (Fsp3) is 0.500. The van der Waals surface area contributed by atoms with E-state index in [0.29, 0.717) is 0 Å². The first-order valence-corrected chi connectivity index (χ1v) is 3.82. The maximum atomic E-state index is 3.96. The van der Waals surface area contributed by atoms with E-state index in [1.165, 1.54) is 0 Å². The number of nitrogens with zero attached hydrogens (tertiary/aromatic N) is 1. The number of aliphatic imine (C=N–C) groups is 1. The second kappa shape index (κ2) is 4.12. The van der Waals surface area contributed by atoms with Crippen LogP contribution in [-0.4, -0.2) is 6.21 Å². The van der Waals surface area contributed by atoms with Crippen molar-refractivity contribution in [1.29, 1.82) is 0 Å². The van der Waals surface area contributed by atoms with E-state index < -0.39 is 0 Å². The predicted molar refractivity (Wildman–Crippen MR) is 51.9 cm³/mol. The van der Waals surface area contributed by atoms with Crippen molar-refractivity contribution < 1.29 is 0 Å². The molecule has 0 saturated carbocycles. The molecule has 0 fully saturated rings. The Balaban J connectivity index is 4.08. The van der Waals surface area contributed by atoms with Gasteiger partial charge in [0.05, 0.1) is 0 Å². The summed E-state index contributed by atoms with van der Waals surface area (Å²) in [6.45, 7) is 12.2. The van der Waals surface area contributed by atoms with E-state index >= 15 is 0 Å². The Labute approximate surface area is 69.5 Å². The van der Waals surface area contributed by atoms with Crippen LogP contribution in [0.5, 0.6) is 0 Å². The molecule has 0 saturated heterocycles. The van der Waals surface area contributed by atoms with E-state index in [1.54, 1.807) is 12.4 Å². The smallest absolute Gasteiger partial charge is 0.0266 e. The van der Waals surface area contributed by atoms with Crippen molar-refractivity contribution in [2.24, 2.45) is 10.4 Å². The van der Waals surface area contributed by atoms with Gasteiger partial charge in [0.25, 0.3) is 0 Å². The summed E-state index contributed by atoms with van der Waals surface area (Å²) in [5.74, 6) is 0. The van der Waals surface area contributed by atoms with Crippen LogP contribution >= 0.6 is 0 Å². The standard InChI is InChI=1S/C10H17N/c1-6-11-8-7-9(2)10(3,4)5/h6-8H,2H2,1,3-5H3/b8-7-,11-6-. The minimum Gasteiger partial charge on any atom is -0.269 e. The molecular weight excluding hydrogens is 134 g/mol. The van der Waals surface area contributed by atoms with E-state index in [9.17, 15) is 0 Å². The quantitative estimate of drug-likeness (QED) is 0.424. The molecule has 0 spiro atoms. The Kier molecular flexibility index (Phi) is 3.80. The molecule has 0 rings (SSSR count). The molecule has 0 aliphatic rings. The summed E-state index contributed by atoms with van der Waals surface area (Å²) in [6.07, 6.45) is 5.47. The van der Waals surface area contributed by atoms with Crippen LogP contribution in [0.1, 0.15) is 27.7 Å². The van der Waals surface area contributed by atoms with Crippen molar-refractivity contribution >= 4 is 6.21 Å². The molecule has 0 aromatic carbocycles.